The van der Waals surface area contributed by atoms with Gasteiger partial charge >= 0.3 is 0 Å². The highest BCUT2D eigenvalue weighted by atomic mass is 16.3. The molecule has 2 fully saturated rings. The molecule has 0 aromatic heterocycles. The first-order valence-electron chi connectivity index (χ1n) is 7.98. The molecule has 2 aliphatic rings. The normalized spacial score (nSPS) is 24.6. The van der Waals surface area contributed by atoms with Gasteiger partial charge in [-0.2, -0.15) is 0 Å². The van der Waals surface area contributed by atoms with Gasteiger partial charge in [0.15, 0.2) is 0 Å². The molecule has 0 aromatic rings. The van der Waals surface area contributed by atoms with E-state index in [0.29, 0.717) is 19.2 Å². The largest absolute Gasteiger partial charge is 0.396 e. The summed E-state index contributed by atoms with van der Waals surface area (Å²) in [6.07, 6.45) is 8.24. The number of nitrogens with zero attached hydrogens (tertiary/aromatic N) is 1. The highest BCUT2D eigenvalue weighted by Crippen LogP contribution is 2.35. The fourth-order valence-electron chi connectivity index (χ4n) is 3.57. The van der Waals surface area contributed by atoms with Crippen molar-refractivity contribution >= 4 is 5.91 Å². The van der Waals surface area contributed by atoms with E-state index in [1.165, 1.54) is 19.3 Å². The van der Waals surface area contributed by atoms with Crippen LogP contribution in [0.3, 0.4) is 0 Å². The van der Waals surface area contributed by atoms with E-state index in [9.17, 15) is 9.90 Å². The summed E-state index contributed by atoms with van der Waals surface area (Å²) < 4.78 is 0. The maximum Gasteiger partial charge on any atom is 0.231 e. The fraction of sp³-hybridized carbons (Fsp3) is 0.933. The van der Waals surface area contributed by atoms with Crippen LogP contribution in [0.4, 0.5) is 0 Å². The lowest BCUT2D eigenvalue weighted by atomic mass is 9.74. The zero-order chi connectivity index (χ0) is 14.4. The Balaban J connectivity index is 1.71. The van der Waals surface area contributed by atoms with Gasteiger partial charge in [0.25, 0.3) is 0 Å². The third kappa shape index (κ3) is 4.43. The number of carbonyl (C=O) groups excluding carboxylic acids is 1. The second-order valence-electron chi connectivity index (χ2n) is 6.62. The van der Waals surface area contributed by atoms with Crippen molar-refractivity contribution in [1.29, 1.82) is 0 Å². The Morgan fingerprint density at radius 1 is 1.25 bits per heavy atom. The number of primary amides is 1. The molecule has 1 amide bonds. The molecular weight excluding hydrogens is 254 g/mol. The second-order valence-corrected chi connectivity index (χ2v) is 6.62. The lowest BCUT2D eigenvalue weighted by molar-refractivity contribution is -0.119. The molecule has 116 valence electrons. The smallest absolute Gasteiger partial charge is 0.231 e. The van der Waals surface area contributed by atoms with E-state index in [1.54, 1.807) is 0 Å². The van der Waals surface area contributed by atoms with Crippen LogP contribution in [0.1, 0.15) is 44.9 Å². The Hall–Kier alpha value is -0.650. The van der Waals surface area contributed by atoms with Gasteiger partial charge in [0, 0.05) is 37.7 Å². The van der Waals surface area contributed by atoms with Crippen LogP contribution >= 0.6 is 0 Å². The number of aliphatic hydroxyl groups is 1. The number of piperidine rings is 1. The number of nitrogens with two attached hydrogens (primary N) is 1. The van der Waals surface area contributed by atoms with Crippen LogP contribution in [-0.4, -0.2) is 54.7 Å². The van der Waals surface area contributed by atoms with Gasteiger partial charge in [-0.05, 0) is 25.7 Å². The van der Waals surface area contributed by atoms with E-state index in [2.05, 4.69) is 10.2 Å². The first-order chi connectivity index (χ1) is 9.63. The standard InChI is InChI=1S/C15H29N3O2/c16-14(20)10-18-8-4-13(5-9-18)17-11-15(12-19)6-2-1-3-7-15/h13,17,19H,1-12H2,(H2,16,20). The molecule has 5 nitrogen and oxygen atoms in total. The molecular formula is C15H29N3O2. The summed E-state index contributed by atoms with van der Waals surface area (Å²) in [6, 6.07) is 0.518. The van der Waals surface area contributed by atoms with Crippen LogP contribution in [-0.2, 0) is 4.79 Å². The van der Waals surface area contributed by atoms with Gasteiger partial charge in [-0.15, -0.1) is 0 Å². The van der Waals surface area contributed by atoms with Crippen LogP contribution in [0.5, 0.6) is 0 Å². The summed E-state index contributed by atoms with van der Waals surface area (Å²) in [5, 5.41) is 13.4. The summed E-state index contributed by atoms with van der Waals surface area (Å²) in [4.78, 5) is 13.0. The molecule has 1 heterocycles. The summed E-state index contributed by atoms with van der Waals surface area (Å²) in [5.74, 6) is -0.238. The Labute approximate surface area is 121 Å². The van der Waals surface area contributed by atoms with Gasteiger partial charge in [-0.1, -0.05) is 19.3 Å². The van der Waals surface area contributed by atoms with Gasteiger partial charge in [0.05, 0.1) is 6.54 Å². The Kier molecular flexibility index (Phi) is 5.81. The van der Waals surface area contributed by atoms with E-state index < -0.39 is 0 Å². The molecule has 1 saturated heterocycles. The number of hydrogen-bond donors (Lipinski definition) is 3. The van der Waals surface area contributed by atoms with Gasteiger partial charge < -0.3 is 16.2 Å². The van der Waals surface area contributed by atoms with Crippen LogP contribution in [0.2, 0.25) is 0 Å². The van der Waals surface area contributed by atoms with Crippen molar-refractivity contribution in [2.75, 3.05) is 32.8 Å². The molecule has 0 aromatic carbocycles. The molecule has 0 radical (unpaired) electrons. The van der Waals surface area contributed by atoms with E-state index in [1.807, 2.05) is 0 Å². The Morgan fingerprint density at radius 2 is 1.90 bits per heavy atom. The quantitative estimate of drug-likeness (QED) is 0.662. The van der Waals surface area contributed by atoms with E-state index in [0.717, 1.165) is 45.3 Å². The first kappa shape index (κ1) is 15.7. The zero-order valence-corrected chi connectivity index (χ0v) is 12.4. The number of aliphatic hydroxyl groups excluding tert-OH is 1. The maximum atomic E-state index is 10.9. The Morgan fingerprint density at radius 3 is 2.45 bits per heavy atom. The maximum absolute atomic E-state index is 10.9. The average Bonchev–Trinajstić information content (AvgIpc) is 2.47. The number of amides is 1. The SMILES string of the molecule is NC(=O)CN1CCC(NCC2(CO)CCCCC2)CC1. The second kappa shape index (κ2) is 7.38. The van der Waals surface area contributed by atoms with Crippen LogP contribution in [0, 0.1) is 5.41 Å². The number of nitrogens with one attached hydrogen (secondary N) is 1. The number of carbonyl (C=O) groups is 1. The monoisotopic (exact) mass is 283 g/mol. The summed E-state index contributed by atoms with van der Waals surface area (Å²) in [5.41, 5.74) is 5.34. The minimum absolute atomic E-state index is 0.114. The van der Waals surface area contributed by atoms with E-state index >= 15 is 0 Å². The Bertz CT molecular complexity index is 308. The van der Waals surface area contributed by atoms with Crippen molar-refractivity contribution in [1.82, 2.24) is 10.2 Å². The molecule has 5 heteroatoms. The van der Waals surface area contributed by atoms with Gasteiger partial charge in [0.1, 0.15) is 0 Å². The number of hydrogen-bond acceptors (Lipinski definition) is 4. The molecule has 1 saturated carbocycles. The van der Waals surface area contributed by atoms with Crippen molar-refractivity contribution < 1.29 is 9.90 Å². The predicted molar refractivity (Wildman–Crippen MR) is 79.3 cm³/mol. The van der Waals surface area contributed by atoms with Crippen LogP contribution < -0.4 is 11.1 Å². The minimum Gasteiger partial charge on any atom is -0.396 e. The highest BCUT2D eigenvalue weighted by molar-refractivity contribution is 5.75. The molecule has 20 heavy (non-hydrogen) atoms. The molecule has 0 atom stereocenters. The fourth-order valence-corrected chi connectivity index (χ4v) is 3.57. The van der Waals surface area contributed by atoms with Crippen LogP contribution in [0.25, 0.3) is 0 Å². The third-order valence-electron chi connectivity index (χ3n) is 4.98. The number of likely N-dealkylation sites (tertiary alicyclic amines) is 1. The highest BCUT2D eigenvalue weighted by Gasteiger charge is 2.32. The van der Waals surface area contributed by atoms with Gasteiger partial charge in [-0.25, -0.2) is 0 Å². The predicted octanol–water partition coefficient (Wildman–Crippen LogP) is 0.468. The van der Waals surface area contributed by atoms with Crippen molar-refractivity contribution in [3.05, 3.63) is 0 Å². The average molecular weight is 283 g/mol. The summed E-state index contributed by atoms with van der Waals surface area (Å²) in [6.45, 7) is 3.50. The molecule has 0 unspecified atom stereocenters. The number of rotatable bonds is 6. The first-order valence-corrected chi connectivity index (χ1v) is 7.98. The van der Waals surface area contributed by atoms with Crippen LogP contribution in [0.15, 0.2) is 0 Å². The summed E-state index contributed by atoms with van der Waals surface area (Å²) in [7, 11) is 0. The van der Waals surface area contributed by atoms with E-state index in [-0.39, 0.29) is 11.3 Å². The lowest BCUT2D eigenvalue weighted by Crippen LogP contribution is -2.48. The third-order valence-corrected chi connectivity index (χ3v) is 4.98. The molecule has 1 aliphatic heterocycles. The van der Waals surface area contributed by atoms with E-state index in [4.69, 9.17) is 5.73 Å². The van der Waals surface area contributed by atoms with Crippen molar-refractivity contribution in [2.24, 2.45) is 11.1 Å². The van der Waals surface area contributed by atoms with Gasteiger partial charge in [-0.3, -0.25) is 9.69 Å². The molecule has 0 spiro atoms. The molecule has 0 bridgehead atoms. The lowest BCUT2D eigenvalue weighted by Gasteiger charge is -2.39. The zero-order valence-electron chi connectivity index (χ0n) is 12.4. The minimum atomic E-state index is -0.238. The van der Waals surface area contributed by atoms with Crippen molar-refractivity contribution in [2.45, 2.75) is 51.0 Å². The van der Waals surface area contributed by atoms with Gasteiger partial charge in [0.2, 0.25) is 5.91 Å². The molecule has 1 aliphatic carbocycles. The molecule has 4 N–H and O–H groups in total. The van der Waals surface area contributed by atoms with Crippen molar-refractivity contribution in [3.63, 3.8) is 0 Å². The topological polar surface area (TPSA) is 78.6 Å². The van der Waals surface area contributed by atoms with Crippen molar-refractivity contribution in [3.8, 4) is 0 Å². The summed E-state index contributed by atoms with van der Waals surface area (Å²) >= 11 is 0. The molecule has 2 rings (SSSR count).